The van der Waals surface area contributed by atoms with Gasteiger partial charge in [0.05, 0.1) is 5.39 Å². The molecule has 0 amide bonds. The molecule has 0 unspecified atom stereocenters. The van der Waals surface area contributed by atoms with Gasteiger partial charge in [-0.25, -0.2) is 4.39 Å². The SMILES string of the molecule is O=c1c2cnccc2sc2ccc(F)cc12. The first-order chi connectivity index (χ1) is 7.75. The molecule has 0 radical (unpaired) electrons. The van der Waals surface area contributed by atoms with Gasteiger partial charge in [0.1, 0.15) is 5.82 Å². The van der Waals surface area contributed by atoms with Crippen molar-refractivity contribution in [1.82, 2.24) is 4.98 Å². The van der Waals surface area contributed by atoms with Crippen LogP contribution in [-0.2, 0) is 0 Å². The molecule has 0 aliphatic carbocycles. The number of fused-ring (bicyclic) bond motifs is 2. The fourth-order valence-electron chi connectivity index (χ4n) is 1.67. The summed E-state index contributed by atoms with van der Waals surface area (Å²) in [6.45, 7) is 0. The first-order valence-corrected chi connectivity index (χ1v) is 5.53. The number of halogens is 1. The summed E-state index contributed by atoms with van der Waals surface area (Å²) in [5.41, 5.74) is -0.156. The molecule has 0 fully saturated rings. The van der Waals surface area contributed by atoms with Crippen molar-refractivity contribution in [3.05, 3.63) is 52.7 Å². The predicted octanol–water partition coefficient (Wildman–Crippen LogP) is 2.95. The van der Waals surface area contributed by atoms with Crippen LogP contribution in [0.4, 0.5) is 4.39 Å². The van der Waals surface area contributed by atoms with E-state index < -0.39 is 0 Å². The third kappa shape index (κ3) is 1.31. The minimum absolute atomic E-state index is 0.156. The fraction of sp³-hybridized carbons (Fsp3) is 0. The number of nitrogens with zero attached hydrogens (tertiary/aromatic N) is 1. The minimum Gasteiger partial charge on any atom is -0.288 e. The van der Waals surface area contributed by atoms with Gasteiger partial charge in [-0.3, -0.25) is 9.78 Å². The summed E-state index contributed by atoms with van der Waals surface area (Å²) < 4.78 is 14.7. The lowest BCUT2D eigenvalue weighted by Crippen LogP contribution is -2.01. The number of hydrogen-bond acceptors (Lipinski definition) is 3. The zero-order valence-electron chi connectivity index (χ0n) is 8.11. The van der Waals surface area contributed by atoms with Gasteiger partial charge in [0, 0.05) is 27.2 Å². The third-order valence-electron chi connectivity index (χ3n) is 2.43. The van der Waals surface area contributed by atoms with Crippen LogP contribution in [0.25, 0.3) is 20.2 Å². The molecule has 0 aliphatic heterocycles. The van der Waals surface area contributed by atoms with E-state index in [2.05, 4.69) is 4.98 Å². The summed E-state index contributed by atoms with van der Waals surface area (Å²) in [4.78, 5) is 16.0. The number of benzene rings is 1. The summed E-state index contributed by atoms with van der Waals surface area (Å²) >= 11 is 1.47. The Bertz CT molecular complexity index is 751. The zero-order chi connectivity index (χ0) is 11.1. The van der Waals surface area contributed by atoms with Crippen molar-refractivity contribution in [2.75, 3.05) is 0 Å². The van der Waals surface area contributed by atoms with Crippen molar-refractivity contribution in [2.45, 2.75) is 0 Å². The normalized spacial score (nSPS) is 11.1. The van der Waals surface area contributed by atoms with Crippen molar-refractivity contribution in [3.8, 4) is 0 Å². The first-order valence-electron chi connectivity index (χ1n) is 4.72. The van der Waals surface area contributed by atoms with Crippen molar-refractivity contribution in [1.29, 1.82) is 0 Å². The largest absolute Gasteiger partial charge is 0.288 e. The lowest BCUT2D eigenvalue weighted by Gasteiger charge is -1.99. The molecule has 1 aromatic carbocycles. The molecular weight excluding hydrogens is 225 g/mol. The van der Waals surface area contributed by atoms with Crippen LogP contribution in [0.1, 0.15) is 0 Å². The van der Waals surface area contributed by atoms with Crippen molar-refractivity contribution in [2.24, 2.45) is 0 Å². The standard InChI is InChI=1S/C12H6FNOS/c13-7-1-2-10-8(5-7)12(15)9-6-14-4-3-11(9)16-10/h1-6H. The summed E-state index contributed by atoms with van der Waals surface area (Å²) in [5, 5.41) is 0.969. The third-order valence-corrected chi connectivity index (χ3v) is 3.58. The van der Waals surface area contributed by atoms with E-state index in [-0.39, 0.29) is 11.2 Å². The summed E-state index contributed by atoms with van der Waals surface area (Å²) in [6, 6.07) is 6.08. The van der Waals surface area contributed by atoms with E-state index in [0.717, 1.165) is 9.40 Å². The summed E-state index contributed by atoms with van der Waals surface area (Å²) in [6.07, 6.45) is 3.17. The second kappa shape index (κ2) is 3.35. The second-order valence-electron chi connectivity index (χ2n) is 3.44. The van der Waals surface area contributed by atoms with Gasteiger partial charge in [-0.2, -0.15) is 0 Å². The number of hydrogen-bond donors (Lipinski definition) is 0. The highest BCUT2D eigenvalue weighted by Crippen LogP contribution is 2.24. The molecule has 16 heavy (non-hydrogen) atoms. The van der Waals surface area contributed by atoms with Gasteiger partial charge in [-0.15, -0.1) is 11.3 Å². The molecule has 3 rings (SSSR count). The predicted molar refractivity (Wildman–Crippen MR) is 63.4 cm³/mol. The van der Waals surface area contributed by atoms with E-state index in [9.17, 15) is 9.18 Å². The summed E-state index contributed by atoms with van der Waals surface area (Å²) in [5.74, 6) is -0.389. The number of aromatic nitrogens is 1. The Morgan fingerprint density at radius 2 is 1.94 bits per heavy atom. The quantitative estimate of drug-likeness (QED) is 0.557. The van der Waals surface area contributed by atoms with Crippen molar-refractivity contribution < 1.29 is 4.39 Å². The lowest BCUT2D eigenvalue weighted by atomic mass is 10.2. The molecule has 0 atom stereocenters. The Labute approximate surface area is 94.0 Å². The van der Waals surface area contributed by atoms with E-state index in [0.29, 0.717) is 10.8 Å². The highest BCUT2D eigenvalue weighted by atomic mass is 32.1. The Morgan fingerprint density at radius 1 is 1.12 bits per heavy atom. The van der Waals surface area contributed by atoms with E-state index in [1.165, 1.54) is 29.7 Å². The molecule has 0 bridgehead atoms. The highest BCUT2D eigenvalue weighted by molar-refractivity contribution is 7.24. The van der Waals surface area contributed by atoms with Crippen LogP contribution < -0.4 is 5.43 Å². The van der Waals surface area contributed by atoms with Crippen molar-refractivity contribution in [3.63, 3.8) is 0 Å². The fourth-order valence-corrected chi connectivity index (χ4v) is 2.69. The molecule has 0 saturated heterocycles. The molecule has 0 spiro atoms. The van der Waals surface area contributed by atoms with Crippen LogP contribution in [0.3, 0.4) is 0 Å². The average Bonchev–Trinajstić information content (AvgIpc) is 2.31. The van der Waals surface area contributed by atoms with Gasteiger partial charge in [0.15, 0.2) is 5.43 Å². The highest BCUT2D eigenvalue weighted by Gasteiger charge is 2.06. The second-order valence-corrected chi connectivity index (χ2v) is 4.53. The smallest absolute Gasteiger partial charge is 0.197 e. The maximum absolute atomic E-state index is 13.1. The summed E-state index contributed by atoms with van der Waals surface area (Å²) in [7, 11) is 0. The molecule has 0 saturated carbocycles. The molecule has 2 aromatic heterocycles. The van der Waals surface area contributed by atoms with E-state index in [1.54, 1.807) is 18.3 Å². The van der Waals surface area contributed by atoms with Crippen LogP contribution in [0.15, 0.2) is 41.5 Å². The minimum atomic E-state index is -0.389. The lowest BCUT2D eigenvalue weighted by molar-refractivity contribution is 0.630. The Kier molecular flexibility index (Phi) is 1.97. The first kappa shape index (κ1) is 9.42. The van der Waals surface area contributed by atoms with E-state index in [4.69, 9.17) is 0 Å². The van der Waals surface area contributed by atoms with Gasteiger partial charge < -0.3 is 0 Å². The van der Waals surface area contributed by atoms with Gasteiger partial charge in [0.25, 0.3) is 0 Å². The molecule has 0 aliphatic rings. The monoisotopic (exact) mass is 231 g/mol. The Hall–Kier alpha value is -1.81. The molecule has 2 nitrogen and oxygen atoms in total. The topological polar surface area (TPSA) is 30.0 Å². The van der Waals surface area contributed by atoms with E-state index in [1.807, 2.05) is 0 Å². The molecule has 0 N–H and O–H groups in total. The van der Waals surface area contributed by atoms with Crippen molar-refractivity contribution >= 4 is 31.5 Å². The number of rotatable bonds is 0. The van der Waals surface area contributed by atoms with Gasteiger partial charge in [0.2, 0.25) is 0 Å². The van der Waals surface area contributed by atoms with Gasteiger partial charge >= 0.3 is 0 Å². The maximum Gasteiger partial charge on any atom is 0.197 e. The zero-order valence-corrected chi connectivity index (χ0v) is 8.92. The van der Waals surface area contributed by atoms with Crippen LogP contribution in [-0.4, -0.2) is 4.98 Å². The molecule has 4 heteroatoms. The van der Waals surface area contributed by atoms with Gasteiger partial charge in [-0.05, 0) is 24.3 Å². The van der Waals surface area contributed by atoms with Crippen LogP contribution >= 0.6 is 11.3 Å². The average molecular weight is 231 g/mol. The Morgan fingerprint density at radius 3 is 2.81 bits per heavy atom. The Balaban J connectivity index is 2.61. The van der Waals surface area contributed by atoms with Crippen LogP contribution in [0.2, 0.25) is 0 Å². The maximum atomic E-state index is 13.1. The van der Waals surface area contributed by atoms with E-state index >= 15 is 0 Å². The number of pyridine rings is 1. The molecule has 78 valence electrons. The van der Waals surface area contributed by atoms with Gasteiger partial charge in [-0.1, -0.05) is 0 Å². The van der Waals surface area contributed by atoms with Crippen LogP contribution in [0, 0.1) is 5.82 Å². The molecular formula is C12H6FNOS. The van der Waals surface area contributed by atoms with Crippen LogP contribution in [0.5, 0.6) is 0 Å². The molecule has 2 heterocycles. The molecule has 3 aromatic rings.